The Morgan fingerprint density at radius 1 is 1.29 bits per heavy atom. The molecule has 0 bridgehead atoms. The van der Waals surface area contributed by atoms with Gasteiger partial charge in [0.15, 0.2) is 0 Å². The standard InChI is InChI=1S/C19H26N2O3/c1-4-17(22)20-14-15-6-8-16(9-7-15)18(23)21-12-10-19(3,11-13-21)24-5-2/h4,6-9H,1,5,10-14H2,2-3H3,(H,20,22). The van der Waals surface area contributed by atoms with E-state index in [0.717, 1.165) is 18.4 Å². The summed E-state index contributed by atoms with van der Waals surface area (Å²) in [5, 5.41) is 2.72. The Morgan fingerprint density at radius 3 is 2.46 bits per heavy atom. The van der Waals surface area contributed by atoms with E-state index in [4.69, 9.17) is 4.74 Å². The van der Waals surface area contributed by atoms with E-state index in [9.17, 15) is 9.59 Å². The predicted octanol–water partition coefficient (Wildman–Crippen LogP) is 2.52. The van der Waals surface area contributed by atoms with E-state index in [1.54, 1.807) is 0 Å². The van der Waals surface area contributed by atoms with Crippen molar-refractivity contribution in [3.8, 4) is 0 Å². The van der Waals surface area contributed by atoms with E-state index >= 15 is 0 Å². The molecule has 0 aromatic heterocycles. The summed E-state index contributed by atoms with van der Waals surface area (Å²) in [5.74, 6) is -0.156. The van der Waals surface area contributed by atoms with Crippen LogP contribution in [0.2, 0.25) is 0 Å². The Balaban J connectivity index is 1.91. The lowest BCUT2D eigenvalue weighted by atomic mass is 9.93. The van der Waals surface area contributed by atoms with E-state index in [0.29, 0.717) is 31.8 Å². The number of nitrogens with one attached hydrogen (secondary N) is 1. The maximum atomic E-state index is 12.6. The molecule has 0 atom stereocenters. The summed E-state index contributed by atoms with van der Waals surface area (Å²) in [6.07, 6.45) is 2.96. The number of carbonyl (C=O) groups is 2. The van der Waals surface area contributed by atoms with Crippen LogP contribution >= 0.6 is 0 Å². The first-order valence-electron chi connectivity index (χ1n) is 8.40. The molecule has 130 valence electrons. The fraction of sp³-hybridized carbons (Fsp3) is 0.474. The van der Waals surface area contributed by atoms with Crippen molar-refractivity contribution in [3.05, 3.63) is 48.0 Å². The number of likely N-dealkylation sites (tertiary alicyclic amines) is 1. The maximum Gasteiger partial charge on any atom is 0.253 e. The predicted molar refractivity (Wildman–Crippen MR) is 93.7 cm³/mol. The molecule has 1 fully saturated rings. The van der Waals surface area contributed by atoms with Crippen molar-refractivity contribution in [1.82, 2.24) is 10.2 Å². The van der Waals surface area contributed by atoms with E-state index in [1.807, 2.05) is 36.1 Å². The number of amides is 2. The van der Waals surface area contributed by atoms with Gasteiger partial charge >= 0.3 is 0 Å². The van der Waals surface area contributed by atoms with Gasteiger partial charge in [-0.15, -0.1) is 0 Å². The fourth-order valence-corrected chi connectivity index (χ4v) is 2.88. The van der Waals surface area contributed by atoms with Gasteiger partial charge in [0.25, 0.3) is 5.91 Å². The van der Waals surface area contributed by atoms with Crippen molar-refractivity contribution in [1.29, 1.82) is 0 Å². The molecule has 5 nitrogen and oxygen atoms in total. The normalized spacial score (nSPS) is 16.5. The van der Waals surface area contributed by atoms with Gasteiger partial charge in [0.2, 0.25) is 5.91 Å². The van der Waals surface area contributed by atoms with Crippen LogP contribution < -0.4 is 5.32 Å². The Kier molecular flexibility index (Phi) is 6.15. The summed E-state index contributed by atoms with van der Waals surface area (Å²) in [4.78, 5) is 25.6. The summed E-state index contributed by atoms with van der Waals surface area (Å²) >= 11 is 0. The van der Waals surface area contributed by atoms with Gasteiger partial charge in [0, 0.05) is 31.8 Å². The minimum absolute atomic E-state index is 0.0511. The van der Waals surface area contributed by atoms with Gasteiger partial charge in [-0.05, 0) is 50.5 Å². The SMILES string of the molecule is C=CC(=O)NCc1ccc(C(=O)N2CCC(C)(OCC)CC2)cc1. The monoisotopic (exact) mass is 330 g/mol. The smallest absolute Gasteiger partial charge is 0.253 e. The highest BCUT2D eigenvalue weighted by atomic mass is 16.5. The third-order valence-electron chi connectivity index (χ3n) is 4.45. The summed E-state index contributed by atoms with van der Waals surface area (Å²) in [5.41, 5.74) is 1.51. The first-order valence-corrected chi connectivity index (χ1v) is 8.40. The van der Waals surface area contributed by atoms with Gasteiger partial charge < -0.3 is 15.0 Å². The zero-order valence-electron chi connectivity index (χ0n) is 14.5. The third kappa shape index (κ3) is 4.68. The lowest BCUT2D eigenvalue weighted by Crippen LogP contribution is -2.46. The van der Waals surface area contributed by atoms with Crippen molar-refractivity contribution in [2.75, 3.05) is 19.7 Å². The first kappa shape index (κ1) is 18.2. The molecule has 0 spiro atoms. The van der Waals surface area contributed by atoms with Crippen molar-refractivity contribution >= 4 is 11.8 Å². The number of ether oxygens (including phenoxy) is 1. The number of rotatable bonds is 6. The zero-order valence-corrected chi connectivity index (χ0v) is 14.5. The summed E-state index contributed by atoms with van der Waals surface area (Å²) in [7, 11) is 0. The van der Waals surface area contributed by atoms with Crippen molar-refractivity contribution in [2.24, 2.45) is 0 Å². The fourth-order valence-electron chi connectivity index (χ4n) is 2.88. The second-order valence-corrected chi connectivity index (χ2v) is 6.29. The van der Waals surface area contributed by atoms with Gasteiger partial charge in [-0.2, -0.15) is 0 Å². The zero-order chi connectivity index (χ0) is 17.6. The molecule has 1 saturated heterocycles. The topological polar surface area (TPSA) is 58.6 Å². The van der Waals surface area contributed by atoms with Crippen molar-refractivity contribution in [3.63, 3.8) is 0 Å². The molecule has 1 heterocycles. The van der Waals surface area contributed by atoms with Crippen LogP contribution in [0, 0.1) is 0 Å². The first-order chi connectivity index (χ1) is 11.5. The number of nitrogens with zero attached hydrogens (tertiary/aromatic N) is 1. The molecular formula is C19H26N2O3. The molecule has 0 saturated carbocycles. The molecule has 1 aliphatic rings. The van der Waals surface area contributed by atoms with Crippen LogP contribution in [0.15, 0.2) is 36.9 Å². The molecule has 1 N–H and O–H groups in total. The van der Waals surface area contributed by atoms with Gasteiger partial charge in [-0.1, -0.05) is 18.7 Å². The van der Waals surface area contributed by atoms with Crippen LogP contribution in [0.5, 0.6) is 0 Å². The minimum atomic E-state index is -0.208. The average Bonchev–Trinajstić information content (AvgIpc) is 2.60. The maximum absolute atomic E-state index is 12.6. The highest BCUT2D eigenvalue weighted by Gasteiger charge is 2.32. The summed E-state index contributed by atoms with van der Waals surface area (Å²) in [6, 6.07) is 7.36. The largest absolute Gasteiger partial charge is 0.375 e. The molecule has 0 radical (unpaired) electrons. The second kappa shape index (κ2) is 8.11. The molecule has 1 aromatic carbocycles. The van der Waals surface area contributed by atoms with E-state index in [1.165, 1.54) is 6.08 Å². The van der Waals surface area contributed by atoms with Crippen molar-refractivity contribution in [2.45, 2.75) is 38.8 Å². The van der Waals surface area contributed by atoms with Gasteiger partial charge in [0.1, 0.15) is 0 Å². The minimum Gasteiger partial charge on any atom is -0.375 e. The molecule has 2 amide bonds. The molecule has 2 rings (SSSR count). The Labute approximate surface area is 143 Å². The Hall–Kier alpha value is -2.14. The van der Waals surface area contributed by atoms with E-state index < -0.39 is 0 Å². The van der Waals surface area contributed by atoms with Crippen LogP contribution in [0.1, 0.15) is 42.6 Å². The number of hydrogen-bond donors (Lipinski definition) is 1. The molecule has 1 aliphatic heterocycles. The number of benzene rings is 1. The molecule has 1 aromatic rings. The molecule has 24 heavy (non-hydrogen) atoms. The second-order valence-electron chi connectivity index (χ2n) is 6.29. The van der Waals surface area contributed by atoms with Crippen molar-refractivity contribution < 1.29 is 14.3 Å². The highest BCUT2D eigenvalue weighted by molar-refractivity contribution is 5.94. The number of hydrogen-bond acceptors (Lipinski definition) is 3. The van der Waals surface area contributed by atoms with Crippen LogP contribution in [-0.2, 0) is 16.1 Å². The van der Waals surface area contributed by atoms with Gasteiger partial charge in [-0.3, -0.25) is 9.59 Å². The number of piperidine rings is 1. The van der Waals surface area contributed by atoms with E-state index in [-0.39, 0.29) is 17.4 Å². The van der Waals surface area contributed by atoms with Gasteiger partial charge in [0.05, 0.1) is 5.60 Å². The third-order valence-corrected chi connectivity index (χ3v) is 4.45. The van der Waals surface area contributed by atoms with Crippen LogP contribution in [0.25, 0.3) is 0 Å². The quantitative estimate of drug-likeness (QED) is 0.816. The highest BCUT2D eigenvalue weighted by Crippen LogP contribution is 2.26. The van der Waals surface area contributed by atoms with Gasteiger partial charge in [-0.25, -0.2) is 0 Å². The Morgan fingerprint density at radius 2 is 1.92 bits per heavy atom. The lowest BCUT2D eigenvalue weighted by Gasteiger charge is -2.39. The average molecular weight is 330 g/mol. The summed E-state index contributed by atoms with van der Waals surface area (Å²) in [6.45, 7) is 10.1. The van der Waals surface area contributed by atoms with Crippen LogP contribution in [0.4, 0.5) is 0 Å². The van der Waals surface area contributed by atoms with Crippen LogP contribution in [-0.4, -0.2) is 42.0 Å². The van der Waals surface area contributed by atoms with E-state index in [2.05, 4.69) is 18.8 Å². The molecule has 0 unspecified atom stereocenters. The molecular weight excluding hydrogens is 304 g/mol. The summed E-state index contributed by atoms with van der Waals surface area (Å²) < 4.78 is 5.80. The number of carbonyl (C=O) groups excluding carboxylic acids is 2. The molecule has 5 heteroatoms. The Bertz CT molecular complexity index is 587. The molecule has 0 aliphatic carbocycles. The van der Waals surface area contributed by atoms with Crippen LogP contribution in [0.3, 0.4) is 0 Å². The lowest BCUT2D eigenvalue weighted by molar-refractivity contribution is -0.116.